The number of aromatic nitrogens is 2. The molecule has 11 heavy (non-hydrogen) atoms. The van der Waals surface area contributed by atoms with Crippen LogP contribution >= 0.6 is 0 Å². The maximum Gasteiger partial charge on any atom is 0.323 e. The fraction of sp³-hybridized carbons (Fsp3) is 0.167. The highest BCUT2D eigenvalue weighted by atomic mass is 16.4. The molecule has 1 aromatic rings. The molecule has 0 saturated heterocycles. The number of carboxylic acid groups (broad SMARTS) is 1. The van der Waals surface area contributed by atoms with Crippen LogP contribution in [0.5, 0.6) is 0 Å². The van der Waals surface area contributed by atoms with Gasteiger partial charge < -0.3 is 9.67 Å². The molecule has 5 heteroatoms. The molecule has 0 aliphatic rings. The number of nitrogens with zero attached hydrogens (tertiary/aromatic N) is 2. The van der Waals surface area contributed by atoms with E-state index < -0.39 is 5.97 Å². The molecule has 1 N–H and O–H groups in total. The summed E-state index contributed by atoms with van der Waals surface area (Å²) >= 11 is 0. The Morgan fingerprint density at radius 3 is 3.09 bits per heavy atom. The lowest BCUT2D eigenvalue weighted by molar-refractivity contribution is -0.137. The first kappa shape index (κ1) is 7.46. The van der Waals surface area contributed by atoms with Crippen LogP contribution in [0, 0.1) is 0 Å². The number of imidazole rings is 1. The molecule has 0 unspecified atom stereocenters. The van der Waals surface area contributed by atoms with Crippen LogP contribution in [0.2, 0.25) is 0 Å². The Bertz CT molecular complexity index is 279. The number of hydrogen-bond acceptors (Lipinski definition) is 3. The van der Waals surface area contributed by atoms with E-state index in [1.54, 1.807) is 0 Å². The number of hydrogen-bond donors (Lipinski definition) is 1. The summed E-state index contributed by atoms with van der Waals surface area (Å²) in [4.78, 5) is 24.0. The minimum atomic E-state index is -0.994. The van der Waals surface area contributed by atoms with E-state index in [2.05, 4.69) is 4.98 Å². The van der Waals surface area contributed by atoms with Crippen LogP contribution in [0.25, 0.3) is 0 Å². The zero-order chi connectivity index (χ0) is 8.27. The maximum atomic E-state index is 10.2. The van der Waals surface area contributed by atoms with Crippen molar-refractivity contribution in [1.29, 1.82) is 0 Å². The van der Waals surface area contributed by atoms with E-state index in [1.807, 2.05) is 0 Å². The van der Waals surface area contributed by atoms with Crippen LogP contribution < -0.4 is 0 Å². The lowest BCUT2D eigenvalue weighted by Gasteiger charge is -1.96. The SMILES string of the molecule is O=Cc1nccn1CC(=O)O. The fourth-order valence-corrected chi connectivity index (χ4v) is 0.718. The van der Waals surface area contributed by atoms with Crippen molar-refractivity contribution in [3.05, 3.63) is 18.2 Å². The molecule has 0 saturated carbocycles. The van der Waals surface area contributed by atoms with Crippen molar-refractivity contribution in [2.24, 2.45) is 0 Å². The third-order valence-corrected chi connectivity index (χ3v) is 1.16. The first-order valence-electron chi connectivity index (χ1n) is 2.92. The minimum Gasteiger partial charge on any atom is -0.480 e. The summed E-state index contributed by atoms with van der Waals surface area (Å²) in [7, 11) is 0. The van der Waals surface area contributed by atoms with Crippen molar-refractivity contribution < 1.29 is 14.7 Å². The molecular weight excluding hydrogens is 148 g/mol. The summed E-state index contributed by atoms with van der Waals surface area (Å²) in [6.07, 6.45) is 3.34. The van der Waals surface area contributed by atoms with E-state index in [0.717, 1.165) is 0 Å². The quantitative estimate of drug-likeness (QED) is 0.611. The Morgan fingerprint density at radius 1 is 1.82 bits per heavy atom. The van der Waals surface area contributed by atoms with Gasteiger partial charge in [-0.05, 0) is 0 Å². The van der Waals surface area contributed by atoms with Crippen molar-refractivity contribution in [3.63, 3.8) is 0 Å². The van der Waals surface area contributed by atoms with Gasteiger partial charge in [0.05, 0.1) is 0 Å². The van der Waals surface area contributed by atoms with Gasteiger partial charge in [-0.15, -0.1) is 0 Å². The van der Waals surface area contributed by atoms with E-state index in [4.69, 9.17) is 5.11 Å². The van der Waals surface area contributed by atoms with Crippen molar-refractivity contribution in [3.8, 4) is 0 Å². The first-order chi connectivity index (χ1) is 5.24. The molecule has 0 spiro atoms. The molecule has 0 bridgehead atoms. The van der Waals surface area contributed by atoms with Crippen LogP contribution in [0.3, 0.4) is 0 Å². The van der Waals surface area contributed by atoms with Gasteiger partial charge in [-0.2, -0.15) is 0 Å². The number of carbonyl (C=O) groups is 2. The summed E-state index contributed by atoms with van der Waals surface area (Å²) in [5.74, 6) is -0.862. The summed E-state index contributed by atoms with van der Waals surface area (Å²) in [5, 5.41) is 8.34. The van der Waals surface area contributed by atoms with Gasteiger partial charge in [-0.25, -0.2) is 4.98 Å². The van der Waals surface area contributed by atoms with E-state index in [0.29, 0.717) is 6.29 Å². The highest BCUT2D eigenvalue weighted by Gasteiger charge is 2.03. The second kappa shape index (κ2) is 2.96. The largest absolute Gasteiger partial charge is 0.480 e. The Labute approximate surface area is 62.3 Å². The number of carbonyl (C=O) groups excluding carboxylic acids is 1. The third kappa shape index (κ3) is 1.64. The van der Waals surface area contributed by atoms with Crippen LogP contribution in [0.15, 0.2) is 12.4 Å². The van der Waals surface area contributed by atoms with Gasteiger partial charge in [0.1, 0.15) is 6.54 Å². The van der Waals surface area contributed by atoms with Gasteiger partial charge in [0.15, 0.2) is 12.1 Å². The summed E-state index contributed by atoms with van der Waals surface area (Å²) < 4.78 is 1.26. The summed E-state index contributed by atoms with van der Waals surface area (Å²) in [5.41, 5.74) is 0. The van der Waals surface area contributed by atoms with Crippen LogP contribution in [-0.2, 0) is 11.3 Å². The monoisotopic (exact) mass is 154 g/mol. The van der Waals surface area contributed by atoms with Crippen molar-refractivity contribution >= 4 is 12.3 Å². The standard InChI is InChI=1S/C6H6N2O3/c9-4-5-7-1-2-8(5)3-6(10)11/h1-2,4H,3H2,(H,10,11). The zero-order valence-electron chi connectivity index (χ0n) is 5.60. The molecule has 1 rings (SSSR count). The molecule has 1 heterocycles. The molecule has 0 aromatic carbocycles. The smallest absolute Gasteiger partial charge is 0.323 e. The fourth-order valence-electron chi connectivity index (χ4n) is 0.718. The molecule has 0 radical (unpaired) electrons. The zero-order valence-corrected chi connectivity index (χ0v) is 5.60. The third-order valence-electron chi connectivity index (χ3n) is 1.16. The highest BCUT2D eigenvalue weighted by molar-refractivity contribution is 5.72. The van der Waals surface area contributed by atoms with Gasteiger partial charge in [-0.3, -0.25) is 9.59 Å². The van der Waals surface area contributed by atoms with Gasteiger partial charge in [0, 0.05) is 12.4 Å². The number of carboxylic acids is 1. The normalized spacial score (nSPS) is 9.45. The molecule has 58 valence electrons. The average molecular weight is 154 g/mol. The summed E-state index contributed by atoms with van der Waals surface area (Å²) in [6, 6.07) is 0. The topological polar surface area (TPSA) is 72.2 Å². The Morgan fingerprint density at radius 2 is 2.55 bits per heavy atom. The van der Waals surface area contributed by atoms with Crippen LogP contribution in [0.4, 0.5) is 0 Å². The Balaban J connectivity index is 2.84. The number of aliphatic carboxylic acids is 1. The number of rotatable bonds is 3. The minimum absolute atomic E-state index is 0.132. The molecule has 0 aliphatic carbocycles. The molecule has 0 atom stereocenters. The lowest BCUT2D eigenvalue weighted by atomic mass is 10.6. The Hall–Kier alpha value is -1.65. The van der Waals surface area contributed by atoms with Gasteiger partial charge >= 0.3 is 5.97 Å². The maximum absolute atomic E-state index is 10.2. The van der Waals surface area contributed by atoms with E-state index in [9.17, 15) is 9.59 Å². The van der Waals surface area contributed by atoms with E-state index in [1.165, 1.54) is 17.0 Å². The second-order valence-electron chi connectivity index (χ2n) is 1.92. The van der Waals surface area contributed by atoms with Gasteiger partial charge in [-0.1, -0.05) is 0 Å². The molecule has 0 aliphatic heterocycles. The van der Waals surface area contributed by atoms with Crippen LogP contribution in [0.1, 0.15) is 10.6 Å². The van der Waals surface area contributed by atoms with Gasteiger partial charge in [0.25, 0.3) is 0 Å². The number of aldehydes is 1. The average Bonchev–Trinajstić information content (AvgIpc) is 2.34. The molecular formula is C6H6N2O3. The summed E-state index contributed by atoms with van der Waals surface area (Å²) in [6.45, 7) is -0.228. The van der Waals surface area contributed by atoms with Crippen molar-refractivity contribution in [2.75, 3.05) is 0 Å². The van der Waals surface area contributed by atoms with Gasteiger partial charge in [0.2, 0.25) is 0 Å². The van der Waals surface area contributed by atoms with E-state index in [-0.39, 0.29) is 12.4 Å². The molecule has 0 amide bonds. The highest BCUT2D eigenvalue weighted by Crippen LogP contribution is 1.92. The van der Waals surface area contributed by atoms with Crippen LogP contribution in [-0.4, -0.2) is 26.9 Å². The molecule has 0 fully saturated rings. The molecule has 5 nitrogen and oxygen atoms in total. The lowest BCUT2D eigenvalue weighted by Crippen LogP contribution is -2.10. The van der Waals surface area contributed by atoms with Crippen molar-refractivity contribution in [2.45, 2.75) is 6.54 Å². The predicted octanol–water partition coefficient (Wildman–Crippen LogP) is -0.220. The predicted molar refractivity (Wildman–Crippen MR) is 35.3 cm³/mol. The first-order valence-corrected chi connectivity index (χ1v) is 2.92. The van der Waals surface area contributed by atoms with E-state index >= 15 is 0 Å². The Kier molecular flexibility index (Phi) is 2.00. The molecule has 1 aromatic heterocycles. The second-order valence-corrected chi connectivity index (χ2v) is 1.92. The van der Waals surface area contributed by atoms with Crippen molar-refractivity contribution in [1.82, 2.24) is 9.55 Å².